The first-order valence-corrected chi connectivity index (χ1v) is 17.4. The second kappa shape index (κ2) is 22.2. The molecule has 2 aromatic rings. The van der Waals surface area contributed by atoms with Gasteiger partial charge in [-0.05, 0) is 53.6 Å². The van der Waals surface area contributed by atoms with Crippen LogP contribution in [0.15, 0.2) is 35.2 Å². The number of hydrogen-bond donors (Lipinski definition) is 0. The fraction of sp³-hybridized carbons (Fsp3) is 0.706. The van der Waals surface area contributed by atoms with Gasteiger partial charge in [0.2, 0.25) is 0 Å². The van der Waals surface area contributed by atoms with Gasteiger partial charge < -0.3 is 4.55 Å². The maximum absolute atomic E-state index is 12.1. The molecule has 5 heteroatoms. The minimum Gasteiger partial charge on any atom is -0.744 e. The van der Waals surface area contributed by atoms with Gasteiger partial charge in [-0.1, -0.05) is 154 Å². The molecule has 0 aliphatic carbocycles. The number of aryl methyl sites for hydroxylation is 2. The SMILES string of the molecule is CCCCCCCCCCCCc1ccc2ccc(S(=O)(=O)[O-])c(CCCCCCCCCCCC)c2c1.[Na+]. The van der Waals surface area contributed by atoms with E-state index in [4.69, 9.17) is 0 Å². The molecule has 216 valence electrons. The Balaban J connectivity index is 0.00000760. The predicted molar refractivity (Wildman–Crippen MR) is 163 cm³/mol. The van der Waals surface area contributed by atoms with Crippen LogP contribution in [0.5, 0.6) is 0 Å². The van der Waals surface area contributed by atoms with E-state index in [-0.39, 0.29) is 34.5 Å². The summed E-state index contributed by atoms with van der Waals surface area (Å²) in [5.41, 5.74) is 1.99. The molecule has 0 atom stereocenters. The van der Waals surface area contributed by atoms with Crippen LogP contribution >= 0.6 is 0 Å². The van der Waals surface area contributed by atoms with Crippen molar-refractivity contribution >= 4 is 20.9 Å². The average Bonchev–Trinajstić information content (AvgIpc) is 2.90. The van der Waals surface area contributed by atoms with E-state index in [1.54, 1.807) is 6.07 Å². The zero-order chi connectivity index (χ0) is 27.5. The number of fused-ring (bicyclic) bond motifs is 1. The largest absolute Gasteiger partial charge is 1.00 e. The Labute approximate surface area is 263 Å². The molecule has 0 aliphatic heterocycles. The molecule has 0 aromatic heterocycles. The van der Waals surface area contributed by atoms with Crippen molar-refractivity contribution in [2.24, 2.45) is 0 Å². The molecule has 0 amide bonds. The summed E-state index contributed by atoms with van der Waals surface area (Å²) in [5.74, 6) is 0. The van der Waals surface area contributed by atoms with Gasteiger partial charge in [-0.2, -0.15) is 0 Å². The average molecular weight is 567 g/mol. The standard InChI is InChI=1S/C34H56O3S.Na/c1-3-5-7-9-11-13-15-17-19-21-23-30-25-26-31-27-28-34(38(35,36)37)32(33(31)29-30)24-22-20-18-16-14-12-10-8-6-4-2;/h25-29H,3-24H2,1-2H3,(H,35,36,37);/q;+1/p-1. The molecule has 0 bridgehead atoms. The fourth-order valence-corrected chi connectivity index (χ4v) is 6.41. The summed E-state index contributed by atoms with van der Waals surface area (Å²) < 4.78 is 36.2. The van der Waals surface area contributed by atoms with Crippen LogP contribution in [-0.4, -0.2) is 13.0 Å². The molecule has 0 N–H and O–H groups in total. The Morgan fingerprint density at radius 3 is 1.44 bits per heavy atom. The first-order valence-electron chi connectivity index (χ1n) is 16.0. The molecule has 0 spiro atoms. The molecular formula is C34H55NaO3S. The summed E-state index contributed by atoms with van der Waals surface area (Å²) >= 11 is 0. The topological polar surface area (TPSA) is 57.2 Å². The van der Waals surface area contributed by atoms with Crippen LogP contribution in [0, 0.1) is 0 Å². The van der Waals surface area contributed by atoms with Crippen molar-refractivity contribution in [1.29, 1.82) is 0 Å². The summed E-state index contributed by atoms with van der Waals surface area (Å²) in [7, 11) is -4.49. The normalized spacial score (nSPS) is 11.7. The van der Waals surface area contributed by atoms with Gasteiger partial charge in [0.15, 0.2) is 0 Å². The summed E-state index contributed by atoms with van der Waals surface area (Å²) in [6.45, 7) is 4.51. The maximum atomic E-state index is 12.1. The fourth-order valence-electron chi connectivity index (χ4n) is 5.66. The molecule has 2 rings (SSSR count). The summed E-state index contributed by atoms with van der Waals surface area (Å²) in [6.07, 6.45) is 27.3. The van der Waals surface area contributed by atoms with Crippen LogP contribution in [0.4, 0.5) is 0 Å². The molecule has 0 unspecified atom stereocenters. The Morgan fingerprint density at radius 1 is 0.564 bits per heavy atom. The van der Waals surface area contributed by atoms with E-state index in [2.05, 4.69) is 32.0 Å². The van der Waals surface area contributed by atoms with E-state index in [0.717, 1.165) is 42.0 Å². The van der Waals surface area contributed by atoms with Gasteiger partial charge in [-0.15, -0.1) is 0 Å². The molecular weight excluding hydrogens is 511 g/mol. The van der Waals surface area contributed by atoms with Crippen LogP contribution in [-0.2, 0) is 23.0 Å². The molecule has 3 nitrogen and oxygen atoms in total. The monoisotopic (exact) mass is 566 g/mol. The Bertz CT molecular complexity index is 1000. The molecule has 0 heterocycles. The summed E-state index contributed by atoms with van der Waals surface area (Å²) in [4.78, 5) is -0.0167. The molecule has 39 heavy (non-hydrogen) atoms. The smallest absolute Gasteiger partial charge is 0.744 e. The third kappa shape index (κ3) is 15.4. The second-order valence-electron chi connectivity index (χ2n) is 11.4. The van der Waals surface area contributed by atoms with Crippen LogP contribution in [0.1, 0.15) is 153 Å². The summed E-state index contributed by atoms with van der Waals surface area (Å²) in [5, 5.41) is 1.99. The second-order valence-corrected chi connectivity index (χ2v) is 12.8. The Kier molecular flexibility index (Phi) is 20.9. The van der Waals surface area contributed by atoms with Gasteiger partial charge in [0.05, 0.1) is 4.90 Å². The van der Waals surface area contributed by atoms with Gasteiger partial charge in [-0.25, -0.2) is 8.42 Å². The van der Waals surface area contributed by atoms with E-state index in [9.17, 15) is 13.0 Å². The van der Waals surface area contributed by atoms with Crippen LogP contribution < -0.4 is 29.6 Å². The third-order valence-electron chi connectivity index (χ3n) is 8.02. The van der Waals surface area contributed by atoms with Crippen molar-refractivity contribution in [3.05, 3.63) is 41.5 Å². The van der Waals surface area contributed by atoms with E-state index in [0.29, 0.717) is 6.42 Å². The van der Waals surface area contributed by atoms with Gasteiger partial charge in [0.25, 0.3) is 0 Å². The van der Waals surface area contributed by atoms with Crippen LogP contribution in [0.2, 0.25) is 0 Å². The van der Waals surface area contributed by atoms with E-state index < -0.39 is 10.1 Å². The molecule has 0 fully saturated rings. The van der Waals surface area contributed by atoms with Crippen molar-refractivity contribution in [3.8, 4) is 0 Å². The molecule has 0 saturated heterocycles. The first kappa shape index (κ1) is 36.6. The number of hydrogen-bond acceptors (Lipinski definition) is 3. The Morgan fingerprint density at radius 2 is 0.974 bits per heavy atom. The first-order chi connectivity index (χ1) is 18.5. The number of rotatable bonds is 23. The number of benzene rings is 2. The minimum atomic E-state index is -4.49. The van der Waals surface area contributed by atoms with Gasteiger partial charge in [0.1, 0.15) is 10.1 Å². The van der Waals surface area contributed by atoms with E-state index in [1.165, 1.54) is 121 Å². The van der Waals surface area contributed by atoms with Crippen LogP contribution in [0.25, 0.3) is 10.8 Å². The quantitative estimate of drug-likeness (QED) is 0.0788. The maximum Gasteiger partial charge on any atom is 1.00 e. The van der Waals surface area contributed by atoms with Crippen molar-refractivity contribution in [3.63, 3.8) is 0 Å². The van der Waals surface area contributed by atoms with E-state index >= 15 is 0 Å². The van der Waals surface area contributed by atoms with Gasteiger partial charge in [0, 0.05) is 0 Å². The van der Waals surface area contributed by atoms with Gasteiger partial charge >= 0.3 is 29.6 Å². The van der Waals surface area contributed by atoms with E-state index in [1.807, 2.05) is 0 Å². The van der Waals surface area contributed by atoms with Crippen molar-refractivity contribution in [2.75, 3.05) is 0 Å². The van der Waals surface area contributed by atoms with Crippen molar-refractivity contribution < 1.29 is 42.5 Å². The minimum absolute atomic E-state index is 0. The molecule has 0 saturated carbocycles. The number of unbranched alkanes of at least 4 members (excludes halogenated alkanes) is 18. The molecule has 0 aliphatic rings. The van der Waals surface area contributed by atoms with Crippen LogP contribution in [0.3, 0.4) is 0 Å². The van der Waals surface area contributed by atoms with Gasteiger partial charge in [-0.3, -0.25) is 0 Å². The third-order valence-corrected chi connectivity index (χ3v) is 8.94. The predicted octanol–water partition coefficient (Wildman–Crippen LogP) is 7.67. The zero-order valence-corrected chi connectivity index (χ0v) is 28.4. The van der Waals surface area contributed by atoms with Crippen molar-refractivity contribution in [2.45, 2.75) is 160 Å². The molecule has 2 aromatic carbocycles. The molecule has 0 radical (unpaired) electrons. The summed E-state index contributed by atoms with van der Waals surface area (Å²) in [6, 6.07) is 9.75. The zero-order valence-electron chi connectivity index (χ0n) is 25.6. The Hall–Kier alpha value is -0.390. The van der Waals surface area contributed by atoms with Crippen molar-refractivity contribution in [1.82, 2.24) is 0 Å².